The Morgan fingerprint density at radius 3 is 2.53 bits per heavy atom. The molecule has 0 saturated heterocycles. The van der Waals surface area contributed by atoms with Gasteiger partial charge in [-0.15, -0.1) is 0 Å². The van der Waals surface area contributed by atoms with Crippen LogP contribution in [-0.2, 0) is 4.79 Å². The Hall–Kier alpha value is -1.35. The zero-order valence-electron chi connectivity index (χ0n) is 10.7. The Kier molecular flexibility index (Phi) is 5.70. The zero-order chi connectivity index (χ0) is 12.7. The van der Waals surface area contributed by atoms with E-state index in [1.54, 1.807) is 4.90 Å². The molecule has 3 heteroatoms. The molecule has 1 aromatic rings. The summed E-state index contributed by atoms with van der Waals surface area (Å²) in [6, 6.07) is 9.72. The van der Waals surface area contributed by atoms with Gasteiger partial charge in [0.1, 0.15) is 0 Å². The van der Waals surface area contributed by atoms with E-state index < -0.39 is 0 Å². The minimum absolute atomic E-state index is 0.167. The molecule has 0 heterocycles. The number of carbonyl (C=O) groups is 1. The Balaban J connectivity index is 2.43. The Bertz CT molecular complexity index is 337. The normalized spacial score (nSPS) is 12.2. The molecule has 0 spiro atoms. The van der Waals surface area contributed by atoms with Gasteiger partial charge in [-0.1, -0.05) is 25.1 Å². The van der Waals surface area contributed by atoms with Crippen LogP contribution in [0.1, 0.15) is 26.2 Å². The first kappa shape index (κ1) is 13.7. The molecule has 1 atom stereocenters. The van der Waals surface area contributed by atoms with Gasteiger partial charge in [0.15, 0.2) is 0 Å². The summed E-state index contributed by atoms with van der Waals surface area (Å²) in [5, 5.41) is 0. The molecule has 1 unspecified atom stereocenters. The molecule has 0 aromatic heterocycles. The predicted octanol–water partition coefficient (Wildman–Crippen LogP) is 2.41. The molecule has 1 amide bonds. The van der Waals surface area contributed by atoms with Crippen LogP contribution in [0.15, 0.2) is 30.3 Å². The first-order valence-electron chi connectivity index (χ1n) is 6.16. The average molecular weight is 234 g/mol. The standard InChI is InChI=1S/C14H22N2O/c1-12(10-11-15)8-9-14(17)16(2)13-6-4-3-5-7-13/h3-7,12H,8-11,15H2,1-2H3. The van der Waals surface area contributed by atoms with E-state index >= 15 is 0 Å². The van der Waals surface area contributed by atoms with Gasteiger partial charge in [0.2, 0.25) is 5.91 Å². The number of hydrogen-bond donors (Lipinski definition) is 1. The molecule has 0 fully saturated rings. The topological polar surface area (TPSA) is 46.3 Å². The van der Waals surface area contributed by atoms with Crippen LogP contribution in [-0.4, -0.2) is 19.5 Å². The SMILES string of the molecule is CC(CCN)CCC(=O)N(C)c1ccccc1. The van der Waals surface area contributed by atoms with Crippen LogP contribution in [0, 0.1) is 5.92 Å². The first-order valence-corrected chi connectivity index (χ1v) is 6.16. The highest BCUT2D eigenvalue weighted by molar-refractivity contribution is 5.92. The number of para-hydroxylation sites is 1. The minimum atomic E-state index is 0.167. The third-order valence-electron chi connectivity index (χ3n) is 3.03. The van der Waals surface area contributed by atoms with Crippen LogP contribution in [0.3, 0.4) is 0 Å². The largest absolute Gasteiger partial charge is 0.330 e. The van der Waals surface area contributed by atoms with Gasteiger partial charge in [-0.3, -0.25) is 4.79 Å². The van der Waals surface area contributed by atoms with Crippen molar-refractivity contribution in [3.8, 4) is 0 Å². The number of amides is 1. The van der Waals surface area contributed by atoms with E-state index in [0.717, 1.165) is 18.5 Å². The molecule has 0 aliphatic heterocycles. The van der Waals surface area contributed by atoms with E-state index in [0.29, 0.717) is 18.9 Å². The zero-order valence-corrected chi connectivity index (χ0v) is 10.7. The van der Waals surface area contributed by atoms with Crippen LogP contribution in [0.5, 0.6) is 0 Å². The lowest BCUT2D eigenvalue weighted by atomic mass is 10.0. The van der Waals surface area contributed by atoms with Crippen LogP contribution in [0.25, 0.3) is 0 Å². The number of anilines is 1. The van der Waals surface area contributed by atoms with Crippen molar-refractivity contribution in [2.75, 3.05) is 18.5 Å². The lowest BCUT2D eigenvalue weighted by molar-refractivity contribution is -0.118. The molecule has 0 bridgehead atoms. The van der Waals surface area contributed by atoms with E-state index in [4.69, 9.17) is 5.73 Å². The van der Waals surface area contributed by atoms with Crippen molar-refractivity contribution in [1.29, 1.82) is 0 Å². The second kappa shape index (κ2) is 7.07. The number of hydrogen-bond acceptors (Lipinski definition) is 2. The van der Waals surface area contributed by atoms with Crippen molar-refractivity contribution in [2.45, 2.75) is 26.2 Å². The fraction of sp³-hybridized carbons (Fsp3) is 0.500. The minimum Gasteiger partial charge on any atom is -0.330 e. The molecule has 3 nitrogen and oxygen atoms in total. The molecule has 1 rings (SSSR count). The van der Waals surface area contributed by atoms with Crippen molar-refractivity contribution in [1.82, 2.24) is 0 Å². The fourth-order valence-corrected chi connectivity index (χ4v) is 1.76. The maximum absolute atomic E-state index is 11.9. The number of rotatable bonds is 6. The summed E-state index contributed by atoms with van der Waals surface area (Å²) in [5.41, 5.74) is 6.44. The fourth-order valence-electron chi connectivity index (χ4n) is 1.76. The average Bonchev–Trinajstić information content (AvgIpc) is 2.36. The van der Waals surface area contributed by atoms with E-state index in [2.05, 4.69) is 6.92 Å². The van der Waals surface area contributed by atoms with E-state index in [1.165, 1.54) is 0 Å². The van der Waals surface area contributed by atoms with Crippen LogP contribution >= 0.6 is 0 Å². The molecule has 0 aliphatic carbocycles. The summed E-state index contributed by atoms with van der Waals surface area (Å²) in [6.45, 7) is 2.84. The Labute approximate surface area is 104 Å². The number of nitrogens with two attached hydrogens (primary N) is 1. The summed E-state index contributed by atoms with van der Waals surface area (Å²) in [6.07, 6.45) is 2.49. The van der Waals surface area contributed by atoms with Gasteiger partial charge in [-0.25, -0.2) is 0 Å². The molecule has 1 aromatic carbocycles. The highest BCUT2D eigenvalue weighted by Gasteiger charge is 2.11. The van der Waals surface area contributed by atoms with Crippen molar-refractivity contribution >= 4 is 11.6 Å². The van der Waals surface area contributed by atoms with Crippen molar-refractivity contribution < 1.29 is 4.79 Å². The first-order chi connectivity index (χ1) is 8.15. The second-order valence-corrected chi connectivity index (χ2v) is 4.51. The second-order valence-electron chi connectivity index (χ2n) is 4.51. The summed E-state index contributed by atoms with van der Waals surface area (Å²) < 4.78 is 0. The van der Waals surface area contributed by atoms with Crippen LogP contribution < -0.4 is 10.6 Å². The molecule has 0 saturated carbocycles. The highest BCUT2D eigenvalue weighted by atomic mass is 16.2. The summed E-state index contributed by atoms with van der Waals surface area (Å²) >= 11 is 0. The van der Waals surface area contributed by atoms with Gasteiger partial charge < -0.3 is 10.6 Å². The molecule has 2 N–H and O–H groups in total. The quantitative estimate of drug-likeness (QED) is 0.821. The van der Waals surface area contributed by atoms with Crippen molar-refractivity contribution in [3.05, 3.63) is 30.3 Å². The lowest BCUT2D eigenvalue weighted by Crippen LogP contribution is -2.26. The third kappa shape index (κ3) is 4.57. The summed E-state index contributed by atoms with van der Waals surface area (Å²) in [5.74, 6) is 0.688. The number of benzene rings is 1. The number of nitrogens with zero attached hydrogens (tertiary/aromatic N) is 1. The molecule has 0 aliphatic rings. The molecular formula is C14H22N2O. The Morgan fingerprint density at radius 1 is 1.29 bits per heavy atom. The maximum atomic E-state index is 11.9. The van der Waals surface area contributed by atoms with Gasteiger partial charge in [-0.05, 0) is 37.4 Å². The smallest absolute Gasteiger partial charge is 0.226 e. The maximum Gasteiger partial charge on any atom is 0.226 e. The van der Waals surface area contributed by atoms with Gasteiger partial charge in [-0.2, -0.15) is 0 Å². The molecule has 17 heavy (non-hydrogen) atoms. The summed E-state index contributed by atoms with van der Waals surface area (Å²) in [4.78, 5) is 13.7. The summed E-state index contributed by atoms with van der Waals surface area (Å²) in [7, 11) is 1.82. The van der Waals surface area contributed by atoms with Gasteiger partial charge in [0.05, 0.1) is 0 Å². The van der Waals surface area contributed by atoms with E-state index in [9.17, 15) is 4.79 Å². The van der Waals surface area contributed by atoms with Crippen molar-refractivity contribution in [3.63, 3.8) is 0 Å². The monoisotopic (exact) mass is 234 g/mol. The van der Waals surface area contributed by atoms with Crippen LogP contribution in [0.4, 0.5) is 5.69 Å². The molecular weight excluding hydrogens is 212 g/mol. The van der Waals surface area contributed by atoms with E-state index in [1.807, 2.05) is 37.4 Å². The third-order valence-corrected chi connectivity index (χ3v) is 3.03. The van der Waals surface area contributed by atoms with Gasteiger partial charge in [0, 0.05) is 19.2 Å². The molecule has 0 radical (unpaired) electrons. The lowest BCUT2D eigenvalue weighted by Gasteiger charge is -2.18. The Morgan fingerprint density at radius 2 is 1.94 bits per heavy atom. The van der Waals surface area contributed by atoms with Crippen molar-refractivity contribution in [2.24, 2.45) is 11.7 Å². The highest BCUT2D eigenvalue weighted by Crippen LogP contribution is 2.15. The predicted molar refractivity (Wildman–Crippen MR) is 71.9 cm³/mol. The van der Waals surface area contributed by atoms with E-state index in [-0.39, 0.29) is 5.91 Å². The van der Waals surface area contributed by atoms with Gasteiger partial charge in [0.25, 0.3) is 0 Å². The molecule has 94 valence electrons. The van der Waals surface area contributed by atoms with Crippen LogP contribution in [0.2, 0.25) is 0 Å². The van der Waals surface area contributed by atoms with Gasteiger partial charge >= 0.3 is 0 Å². The number of carbonyl (C=O) groups excluding carboxylic acids is 1.